The highest BCUT2D eigenvalue weighted by molar-refractivity contribution is 14.0. The molecule has 1 aromatic heterocycles. The molecule has 1 amide bonds. The molecule has 0 saturated carbocycles. The van der Waals surface area contributed by atoms with Crippen LogP contribution >= 0.6 is 24.0 Å². The molecule has 0 fully saturated rings. The van der Waals surface area contributed by atoms with Gasteiger partial charge in [-0.05, 0) is 18.1 Å². The number of aromatic amines is 1. The molecule has 0 bridgehead atoms. The normalized spacial score (nSPS) is 11.8. The van der Waals surface area contributed by atoms with Gasteiger partial charge in [-0.3, -0.25) is 9.79 Å². The number of para-hydroxylation sites is 1. The van der Waals surface area contributed by atoms with Gasteiger partial charge < -0.3 is 20.9 Å². The van der Waals surface area contributed by atoms with Gasteiger partial charge in [0.1, 0.15) is 0 Å². The summed E-state index contributed by atoms with van der Waals surface area (Å²) in [5, 5.41) is 10.7. The van der Waals surface area contributed by atoms with Crippen LogP contribution in [-0.4, -0.2) is 43.5 Å². The molecule has 26 heavy (non-hydrogen) atoms. The van der Waals surface area contributed by atoms with E-state index in [0.29, 0.717) is 13.1 Å². The topological polar surface area (TPSA) is 81.3 Å². The van der Waals surface area contributed by atoms with Gasteiger partial charge in [-0.2, -0.15) is 0 Å². The molecule has 0 spiro atoms. The van der Waals surface area contributed by atoms with Crippen LogP contribution in [0.15, 0.2) is 35.5 Å². The SMILES string of the molecule is CN=C(NCCNC(=O)C(C)(C)C)NCCc1c[nH]c2ccccc12.I. The number of guanidine groups is 1. The molecule has 7 heteroatoms. The first-order chi connectivity index (χ1) is 11.9. The van der Waals surface area contributed by atoms with Gasteiger partial charge in [-0.1, -0.05) is 39.0 Å². The van der Waals surface area contributed by atoms with Crippen molar-refractivity contribution in [2.24, 2.45) is 10.4 Å². The fourth-order valence-electron chi connectivity index (χ4n) is 2.50. The Hall–Kier alpha value is -1.77. The standard InChI is InChI=1S/C19H29N5O.HI/c1-19(2,3)17(25)21-11-12-23-18(20-4)22-10-9-14-13-24-16-8-6-5-7-15(14)16;/h5-8,13,24H,9-12H2,1-4H3,(H,21,25)(H2,20,22,23);1H. The van der Waals surface area contributed by atoms with Crippen LogP contribution in [-0.2, 0) is 11.2 Å². The number of carbonyl (C=O) groups excluding carboxylic acids is 1. The van der Waals surface area contributed by atoms with E-state index in [0.717, 1.165) is 24.4 Å². The number of aromatic nitrogens is 1. The molecular weight excluding hydrogens is 441 g/mol. The van der Waals surface area contributed by atoms with E-state index in [1.54, 1.807) is 7.05 Å². The van der Waals surface area contributed by atoms with E-state index < -0.39 is 0 Å². The van der Waals surface area contributed by atoms with Crippen LogP contribution in [0.5, 0.6) is 0 Å². The number of H-pyrrole nitrogens is 1. The summed E-state index contributed by atoms with van der Waals surface area (Å²) in [6, 6.07) is 8.30. The number of carbonyl (C=O) groups is 1. The number of aliphatic imine (C=N–C) groups is 1. The molecule has 0 aliphatic rings. The van der Waals surface area contributed by atoms with Gasteiger partial charge in [-0.15, -0.1) is 24.0 Å². The van der Waals surface area contributed by atoms with Crippen molar-refractivity contribution < 1.29 is 4.79 Å². The fraction of sp³-hybridized carbons (Fsp3) is 0.474. The van der Waals surface area contributed by atoms with Crippen molar-refractivity contribution in [3.63, 3.8) is 0 Å². The first-order valence-corrected chi connectivity index (χ1v) is 8.69. The lowest BCUT2D eigenvalue weighted by Crippen LogP contribution is -2.43. The molecule has 0 unspecified atom stereocenters. The lowest BCUT2D eigenvalue weighted by molar-refractivity contribution is -0.128. The van der Waals surface area contributed by atoms with Crippen LogP contribution in [0.3, 0.4) is 0 Å². The second-order valence-electron chi connectivity index (χ2n) is 7.04. The number of nitrogens with zero attached hydrogens (tertiary/aromatic N) is 1. The number of fused-ring (bicyclic) bond motifs is 1. The molecule has 0 atom stereocenters. The zero-order valence-electron chi connectivity index (χ0n) is 16.0. The number of hydrogen-bond acceptors (Lipinski definition) is 2. The molecule has 0 radical (unpaired) electrons. The van der Waals surface area contributed by atoms with Gasteiger partial charge in [-0.25, -0.2) is 0 Å². The fourth-order valence-corrected chi connectivity index (χ4v) is 2.50. The molecule has 4 N–H and O–H groups in total. The number of halogens is 1. The lowest BCUT2D eigenvalue weighted by atomic mass is 9.96. The number of benzene rings is 1. The Morgan fingerprint density at radius 3 is 2.42 bits per heavy atom. The molecule has 0 saturated heterocycles. The first-order valence-electron chi connectivity index (χ1n) is 8.69. The zero-order chi connectivity index (χ0) is 18.3. The molecule has 0 aliphatic heterocycles. The van der Waals surface area contributed by atoms with Crippen LogP contribution < -0.4 is 16.0 Å². The minimum atomic E-state index is -0.362. The first kappa shape index (κ1) is 22.3. The molecular formula is C19H30IN5O. The zero-order valence-corrected chi connectivity index (χ0v) is 18.3. The quantitative estimate of drug-likeness (QED) is 0.226. The smallest absolute Gasteiger partial charge is 0.225 e. The third-order valence-electron chi connectivity index (χ3n) is 3.97. The predicted octanol–water partition coefficient (Wildman–Crippen LogP) is 2.66. The molecule has 144 valence electrons. The van der Waals surface area contributed by atoms with Crippen molar-refractivity contribution in [1.29, 1.82) is 0 Å². The molecule has 2 rings (SSSR count). The highest BCUT2D eigenvalue weighted by Crippen LogP contribution is 2.17. The molecule has 0 aliphatic carbocycles. The van der Waals surface area contributed by atoms with Crippen molar-refractivity contribution in [3.05, 3.63) is 36.0 Å². The Bertz CT molecular complexity index is 733. The Balaban J connectivity index is 0.00000338. The average Bonchev–Trinajstić information content (AvgIpc) is 2.99. The van der Waals surface area contributed by atoms with Crippen molar-refractivity contribution in [2.75, 3.05) is 26.7 Å². The monoisotopic (exact) mass is 471 g/mol. The summed E-state index contributed by atoms with van der Waals surface area (Å²) in [6.45, 7) is 7.70. The number of rotatable bonds is 6. The van der Waals surface area contributed by atoms with E-state index in [4.69, 9.17) is 0 Å². The maximum absolute atomic E-state index is 11.8. The van der Waals surface area contributed by atoms with E-state index in [2.05, 4.69) is 50.3 Å². The minimum absolute atomic E-state index is 0. The summed E-state index contributed by atoms with van der Waals surface area (Å²) < 4.78 is 0. The van der Waals surface area contributed by atoms with Crippen molar-refractivity contribution in [1.82, 2.24) is 20.9 Å². The minimum Gasteiger partial charge on any atom is -0.361 e. The Morgan fingerprint density at radius 2 is 1.73 bits per heavy atom. The van der Waals surface area contributed by atoms with E-state index >= 15 is 0 Å². The van der Waals surface area contributed by atoms with Crippen LogP contribution in [0.1, 0.15) is 26.3 Å². The molecule has 1 aromatic carbocycles. The van der Waals surface area contributed by atoms with Gasteiger partial charge in [0.05, 0.1) is 0 Å². The van der Waals surface area contributed by atoms with Crippen molar-refractivity contribution >= 4 is 46.7 Å². The number of nitrogens with one attached hydrogen (secondary N) is 4. The van der Waals surface area contributed by atoms with Gasteiger partial charge in [0, 0.05) is 49.2 Å². The molecule has 6 nitrogen and oxygen atoms in total. The van der Waals surface area contributed by atoms with Gasteiger partial charge in [0.15, 0.2) is 5.96 Å². The summed E-state index contributed by atoms with van der Waals surface area (Å²) >= 11 is 0. The number of amides is 1. The van der Waals surface area contributed by atoms with Crippen LogP contribution in [0, 0.1) is 5.41 Å². The third-order valence-corrected chi connectivity index (χ3v) is 3.97. The highest BCUT2D eigenvalue weighted by Gasteiger charge is 2.20. The summed E-state index contributed by atoms with van der Waals surface area (Å²) in [4.78, 5) is 19.3. The van der Waals surface area contributed by atoms with Gasteiger partial charge >= 0.3 is 0 Å². The second-order valence-corrected chi connectivity index (χ2v) is 7.04. The lowest BCUT2D eigenvalue weighted by Gasteiger charge is -2.18. The van der Waals surface area contributed by atoms with Crippen LogP contribution in [0.4, 0.5) is 0 Å². The third kappa shape index (κ3) is 6.51. The van der Waals surface area contributed by atoms with Crippen LogP contribution in [0.25, 0.3) is 10.9 Å². The average molecular weight is 471 g/mol. The maximum Gasteiger partial charge on any atom is 0.225 e. The summed E-state index contributed by atoms with van der Waals surface area (Å²) in [6.07, 6.45) is 2.97. The largest absolute Gasteiger partial charge is 0.361 e. The number of hydrogen-bond donors (Lipinski definition) is 4. The van der Waals surface area contributed by atoms with Crippen molar-refractivity contribution in [3.8, 4) is 0 Å². The Labute approximate surface area is 172 Å². The van der Waals surface area contributed by atoms with Gasteiger partial charge in [0.25, 0.3) is 0 Å². The summed E-state index contributed by atoms with van der Waals surface area (Å²) in [5.41, 5.74) is 2.09. The predicted molar refractivity (Wildman–Crippen MR) is 119 cm³/mol. The van der Waals surface area contributed by atoms with Gasteiger partial charge in [0.2, 0.25) is 5.91 Å². The van der Waals surface area contributed by atoms with E-state index in [-0.39, 0.29) is 35.3 Å². The Morgan fingerprint density at radius 1 is 1.08 bits per heavy atom. The molecule has 1 heterocycles. The summed E-state index contributed by atoms with van der Waals surface area (Å²) in [5.74, 6) is 0.793. The Kier molecular flexibility index (Phi) is 8.91. The van der Waals surface area contributed by atoms with E-state index in [9.17, 15) is 4.79 Å². The molecule has 2 aromatic rings. The van der Waals surface area contributed by atoms with Crippen molar-refractivity contribution in [2.45, 2.75) is 27.2 Å². The second kappa shape index (κ2) is 10.4. The van der Waals surface area contributed by atoms with E-state index in [1.807, 2.05) is 26.8 Å². The highest BCUT2D eigenvalue weighted by atomic mass is 127. The van der Waals surface area contributed by atoms with E-state index in [1.165, 1.54) is 10.9 Å². The van der Waals surface area contributed by atoms with Crippen LogP contribution in [0.2, 0.25) is 0 Å². The summed E-state index contributed by atoms with van der Waals surface area (Å²) in [7, 11) is 1.74. The maximum atomic E-state index is 11.8.